The lowest BCUT2D eigenvalue weighted by molar-refractivity contribution is -0.120. The first kappa shape index (κ1) is 18.8. The van der Waals surface area contributed by atoms with E-state index in [1.165, 1.54) is 6.07 Å². The predicted molar refractivity (Wildman–Crippen MR) is 112 cm³/mol. The Kier molecular flexibility index (Phi) is 3.44. The number of ether oxygens (including phenoxy) is 2. The summed E-state index contributed by atoms with van der Waals surface area (Å²) >= 11 is 0. The van der Waals surface area contributed by atoms with Gasteiger partial charge in [-0.05, 0) is 48.6 Å². The standard InChI is InChI=1S/C25H26O6/c1-24(2)14-4-5-25(3)23(14)22(24)13-8-12(15(27)9-19(13)31-25)18-10-17(29)21-16(28)6-11(26)7-20(21)30-18/h6-9,14,18,22-23,26-28H,4-5,10H2,1-3H3/t14-,18+,22+,23+,25-/m0/s1. The Hall–Kier alpha value is -2.89. The minimum atomic E-state index is -0.706. The van der Waals surface area contributed by atoms with Gasteiger partial charge in [-0.3, -0.25) is 4.79 Å². The molecule has 2 heterocycles. The molecule has 3 N–H and O–H groups in total. The quantitative estimate of drug-likeness (QED) is 0.610. The highest BCUT2D eigenvalue weighted by Gasteiger charge is 2.69. The van der Waals surface area contributed by atoms with Crippen LogP contribution in [-0.4, -0.2) is 26.7 Å². The van der Waals surface area contributed by atoms with Crippen molar-refractivity contribution in [3.8, 4) is 28.7 Å². The highest BCUT2D eigenvalue weighted by molar-refractivity contribution is 6.02. The average Bonchev–Trinajstić information content (AvgIpc) is 3.00. The van der Waals surface area contributed by atoms with Crippen LogP contribution in [0.4, 0.5) is 0 Å². The van der Waals surface area contributed by atoms with Crippen LogP contribution in [0.3, 0.4) is 0 Å². The average molecular weight is 422 g/mol. The second-order valence-electron chi connectivity index (χ2n) is 10.4. The molecule has 0 saturated heterocycles. The second kappa shape index (κ2) is 5.67. The van der Waals surface area contributed by atoms with Crippen LogP contribution in [-0.2, 0) is 0 Å². The van der Waals surface area contributed by atoms with Crippen molar-refractivity contribution in [1.29, 1.82) is 0 Å². The van der Waals surface area contributed by atoms with Gasteiger partial charge in [0.25, 0.3) is 0 Å². The highest BCUT2D eigenvalue weighted by atomic mass is 16.5. The molecule has 31 heavy (non-hydrogen) atoms. The zero-order valence-electron chi connectivity index (χ0n) is 17.8. The Balaban J connectivity index is 1.44. The van der Waals surface area contributed by atoms with Gasteiger partial charge < -0.3 is 24.8 Å². The molecule has 2 saturated carbocycles. The topological polar surface area (TPSA) is 96.2 Å². The number of fused-ring (bicyclic) bond motifs is 3. The lowest BCUT2D eigenvalue weighted by atomic mass is 9.45. The minimum Gasteiger partial charge on any atom is -0.508 e. The van der Waals surface area contributed by atoms with Crippen LogP contribution >= 0.6 is 0 Å². The van der Waals surface area contributed by atoms with Gasteiger partial charge in [-0.1, -0.05) is 13.8 Å². The predicted octanol–water partition coefficient (Wildman–Crippen LogP) is 4.81. The van der Waals surface area contributed by atoms with Crippen molar-refractivity contribution in [2.45, 2.75) is 57.7 Å². The number of phenols is 3. The zero-order chi connectivity index (χ0) is 21.9. The molecule has 0 bridgehead atoms. The van der Waals surface area contributed by atoms with E-state index in [1.807, 2.05) is 6.07 Å². The first-order valence-corrected chi connectivity index (χ1v) is 10.9. The Morgan fingerprint density at radius 2 is 1.74 bits per heavy atom. The van der Waals surface area contributed by atoms with Crippen LogP contribution in [0.5, 0.6) is 28.7 Å². The lowest BCUT2D eigenvalue weighted by Gasteiger charge is -2.62. The molecule has 0 aromatic heterocycles. The van der Waals surface area contributed by atoms with Crippen LogP contribution in [0.1, 0.15) is 73.5 Å². The summed E-state index contributed by atoms with van der Waals surface area (Å²) < 4.78 is 12.4. The maximum absolute atomic E-state index is 12.7. The molecule has 2 fully saturated rings. The normalized spacial score (nSPS) is 34.0. The fourth-order valence-electron chi connectivity index (χ4n) is 6.96. The number of carbonyl (C=O) groups excluding carboxylic acids is 1. The maximum atomic E-state index is 12.7. The molecule has 0 radical (unpaired) electrons. The van der Waals surface area contributed by atoms with Crippen LogP contribution in [0.25, 0.3) is 0 Å². The molecule has 0 amide bonds. The molecule has 0 spiro atoms. The van der Waals surface area contributed by atoms with Crippen molar-refractivity contribution < 1.29 is 29.6 Å². The number of benzene rings is 2. The van der Waals surface area contributed by atoms with Crippen molar-refractivity contribution in [2.24, 2.45) is 17.3 Å². The molecule has 5 atom stereocenters. The van der Waals surface area contributed by atoms with Crippen LogP contribution in [0.2, 0.25) is 0 Å². The van der Waals surface area contributed by atoms with Crippen LogP contribution < -0.4 is 9.47 Å². The molecule has 2 aliphatic carbocycles. The van der Waals surface area contributed by atoms with Gasteiger partial charge in [0.2, 0.25) is 0 Å². The number of aromatic hydroxyl groups is 3. The summed E-state index contributed by atoms with van der Waals surface area (Å²) in [7, 11) is 0. The molecule has 162 valence electrons. The third-order valence-electron chi connectivity index (χ3n) is 8.38. The Morgan fingerprint density at radius 1 is 0.968 bits per heavy atom. The monoisotopic (exact) mass is 422 g/mol. The molecule has 4 aliphatic rings. The number of hydrogen-bond acceptors (Lipinski definition) is 6. The maximum Gasteiger partial charge on any atom is 0.174 e. The van der Waals surface area contributed by atoms with Gasteiger partial charge in [-0.15, -0.1) is 0 Å². The summed E-state index contributed by atoms with van der Waals surface area (Å²) in [4.78, 5) is 12.7. The largest absolute Gasteiger partial charge is 0.508 e. The van der Waals surface area contributed by atoms with Crippen molar-refractivity contribution in [2.75, 3.05) is 0 Å². The van der Waals surface area contributed by atoms with E-state index in [4.69, 9.17) is 9.47 Å². The van der Waals surface area contributed by atoms with E-state index in [0.29, 0.717) is 23.3 Å². The van der Waals surface area contributed by atoms with E-state index < -0.39 is 6.10 Å². The van der Waals surface area contributed by atoms with Crippen molar-refractivity contribution in [3.05, 3.63) is 41.0 Å². The smallest absolute Gasteiger partial charge is 0.174 e. The summed E-state index contributed by atoms with van der Waals surface area (Å²) in [6.45, 7) is 6.82. The molecular weight excluding hydrogens is 396 g/mol. The van der Waals surface area contributed by atoms with E-state index in [0.717, 1.165) is 30.2 Å². The molecule has 6 nitrogen and oxygen atoms in total. The number of phenolic OH excluding ortho intramolecular Hbond substituents is 3. The summed E-state index contributed by atoms with van der Waals surface area (Å²) in [6, 6.07) is 6.05. The SMILES string of the molecule is CC1(C)[C@@H]2c3cc([C@H]4CC(=O)c5c(O)cc(O)cc5O4)c(O)cc3O[C@@]3(C)CC[C@H]1[C@H]23. The first-order valence-electron chi connectivity index (χ1n) is 10.9. The molecule has 6 rings (SSSR count). The van der Waals surface area contributed by atoms with E-state index in [2.05, 4.69) is 20.8 Å². The van der Waals surface area contributed by atoms with Gasteiger partial charge in [0.1, 0.15) is 46.0 Å². The lowest BCUT2D eigenvalue weighted by Crippen LogP contribution is -2.59. The third kappa shape index (κ3) is 2.31. The van der Waals surface area contributed by atoms with Gasteiger partial charge in [-0.25, -0.2) is 0 Å². The van der Waals surface area contributed by atoms with Crippen molar-refractivity contribution in [1.82, 2.24) is 0 Å². The van der Waals surface area contributed by atoms with Gasteiger partial charge in [0.05, 0.1) is 6.42 Å². The molecule has 2 aromatic rings. The molecule has 2 aliphatic heterocycles. The summed E-state index contributed by atoms with van der Waals surface area (Å²) in [5.74, 6) is 1.50. The van der Waals surface area contributed by atoms with E-state index in [9.17, 15) is 20.1 Å². The Morgan fingerprint density at radius 3 is 2.52 bits per heavy atom. The van der Waals surface area contributed by atoms with Crippen LogP contribution in [0, 0.1) is 17.3 Å². The fourth-order valence-corrected chi connectivity index (χ4v) is 6.96. The summed E-state index contributed by atoms with van der Waals surface area (Å²) in [5, 5.41) is 30.7. The third-order valence-corrected chi connectivity index (χ3v) is 8.38. The Labute approximate surface area is 180 Å². The molecule has 6 heteroatoms. The molecule has 0 unspecified atom stereocenters. The van der Waals surface area contributed by atoms with E-state index in [-0.39, 0.29) is 51.8 Å². The minimum absolute atomic E-state index is 0.00360. The number of carbonyl (C=O) groups is 1. The molecular formula is C25H26O6. The number of rotatable bonds is 1. The fraction of sp³-hybridized carbons (Fsp3) is 0.480. The molecule has 2 aromatic carbocycles. The number of Topliss-reactive ketones (excluding diaryl/α,β-unsaturated/α-hetero) is 1. The number of ketones is 1. The van der Waals surface area contributed by atoms with Gasteiger partial charge in [0.15, 0.2) is 5.78 Å². The summed E-state index contributed by atoms with van der Waals surface area (Å²) in [5.41, 5.74) is 1.61. The van der Waals surface area contributed by atoms with Crippen molar-refractivity contribution in [3.63, 3.8) is 0 Å². The highest BCUT2D eigenvalue weighted by Crippen LogP contribution is 2.73. The van der Waals surface area contributed by atoms with Crippen LogP contribution in [0.15, 0.2) is 24.3 Å². The van der Waals surface area contributed by atoms with Gasteiger partial charge in [0, 0.05) is 29.7 Å². The summed E-state index contributed by atoms with van der Waals surface area (Å²) in [6.07, 6.45) is 1.47. The van der Waals surface area contributed by atoms with Crippen molar-refractivity contribution >= 4 is 5.78 Å². The zero-order valence-corrected chi connectivity index (χ0v) is 17.8. The van der Waals surface area contributed by atoms with E-state index >= 15 is 0 Å². The second-order valence-corrected chi connectivity index (χ2v) is 10.4. The van der Waals surface area contributed by atoms with E-state index in [1.54, 1.807) is 6.07 Å². The first-order chi connectivity index (χ1) is 14.6. The van der Waals surface area contributed by atoms with Gasteiger partial charge in [-0.2, -0.15) is 0 Å². The van der Waals surface area contributed by atoms with Gasteiger partial charge >= 0.3 is 0 Å². The Bertz CT molecular complexity index is 1150. The number of hydrogen-bond donors (Lipinski definition) is 3.